The number of hydrogen-bond acceptors (Lipinski definition) is 4. The predicted molar refractivity (Wildman–Crippen MR) is 28.5 cm³/mol. The summed E-state index contributed by atoms with van der Waals surface area (Å²) in [5.74, 6) is 7.41. The molecule has 5 heteroatoms. The van der Waals surface area contributed by atoms with Crippen molar-refractivity contribution in [1.29, 1.82) is 0 Å². The fourth-order valence-corrected chi connectivity index (χ4v) is 0.0456. The Labute approximate surface area is 46.9 Å². The Bertz CT molecular complexity index is 72.9. The van der Waals surface area contributed by atoms with Crippen molar-refractivity contribution in [3.8, 4) is 0 Å². The maximum absolute atomic E-state index is 9.70. The van der Waals surface area contributed by atoms with Gasteiger partial charge >= 0.3 is 0 Å². The van der Waals surface area contributed by atoms with Gasteiger partial charge in [-0.2, -0.15) is 0 Å². The number of nitrogens with one attached hydrogen (secondary N) is 1. The highest BCUT2D eigenvalue weighted by atomic mass is 16.5. The third-order valence-corrected chi connectivity index (χ3v) is 0.296. The first kappa shape index (κ1) is 10.1. The molecule has 0 unspecified atom stereocenters. The first-order valence-electron chi connectivity index (χ1n) is 1.71. The second-order valence-corrected chi connectivity index (χ2v) is 0.680. The van der Waals surface area contributed by atoms with Crippen LogP contribution in [0.15, 0.2) is 12.7 Å². The topological polar surface area (TPSA) is 101 Å². The largest absolute Gasteiger partial charge is 0.288 e. The van der Waals surface area contributed by atoms with Gasteiger partial charge in [-0.15, -0.1) is 0 Å². The van der Waals surface area contributed by atoms with E-state index in [1.165, 1.54) is 5.48 Å². The SMILES string of the molecule is C=CC(=O)NO.NN. The highest BCUT2D eigenvalue weighted by molar-refractivity contribution is 5.85. The van der Waals surface area contributed by atoms with Crippen LogP contribution in [0.4, 0.5) is 0 Å². The average molecular weight is 119 g/mol. The van der Waals surface area contributed by atoms with Gasteiger partial charge in [0.15, 0.2) is 0 Å². The van der Waals surface area contributed by atoms with Crippen LogP contribution >= 0.6 is 0 Å². The van der Waals surface area contributed by atoms with Gasteiger partial charge in [0.05, 0.1) is 0 Å². The van der Waals surface area contributed by atoms with Crippen LogP contribution in [0.2, 0.25) is 0 Å². The minimum atomic E-state index is -0.588. The van der Waals surface area contributed by atoms with Gasteiger partial charge in [0.25, 0.3) is 5.91 Å². The van der Waals surface area contributed by atoms with E-state index in [1.54, 1.807) is 0 Å². The first-order chi connectivity index (χ1) is 3.81. The van der Waals surface area contributed by atoms with Crippen molar-refractivity contribution in [2.75, 3.05) is 0 Å². The van der Waals surface area contributed by atoms with Crippen molar-refractivity contribution in [2.24, 2.45) is 11.7 Å². The Morgan fingerprint density at radius 2 is 2.12 bits per heavy atom. The number of hydroxylamine groups is 1. The Balaban J connectivity index is 0. The quantitative estimate of drug-likeness (QED) is 0.146. The van der Waals surface area contributed by atoms with Crippen LogP contribution in [-0.2, 0) is 4.79 Å². The minimum Gasteiger partial charge on any atom is -0.288 e. The van der Waals surface area contributed by atoms with Crippen LogP contribution < -0.4 is 17.2 Å². The summed E-state index contributed by atoms with van der Waals surface area (Å²) < 4.78 is 0. The Morgan fingerprint density at radius 1 is 1.75 bits per heavy atom. The molecule has 1 amide bonds. The number of carbonyl (C=O) groups is 1. The summed E-state index contributed by atoms with van der Waals surface area (Å²) in [6.45, 7) is 3.06. The lowest BCUT2D eigenvalue weighted by atomic mass is 10.6. The van der Waals surface area contributed by atoms with E-state index in [0.29, 0.717) is 0 Å². The van der Waals surface area contributed by atoms with Gasteiger partial charge in [-0.1, -0.05) is 6.58 Å². The standard InChI is InChI=1S/C3H5NO2.H4N2/c1-2-3(5)4-6;1-2/h2,6H,1H2,(H,4,5);1-2H2. The molecule has 0 aliphatic carbocycles. The highest BCUT2D eigenvalue weighted by Gasteiger charge is 1.80. The van der Waals surface area contributed by atoms with Crippen LogP contribution in [-0.4, -0.2) is 11.1 Å². The van der Waals surface area contributed by atoms with Crippen molar-refractivity contribution < 1.29 is 10.0 Å². The third-order valence-electron chi connectivity index (χ3n) is 0.296. The monoisotopic (exact) mass is 119 g/mol. The van der Waals surface area contributed by atoms with E-state index in [9.17, 15) is 4.79 Å². The molecule has 0 saturated carbocycles. The molecule has 0 aliphatic heterocycles. The lowest BCUT2D eigenvalue weighted by Crippen LogP contribution is -2.14. The van der Waals surface area contributed by atoms with Gasteiger partial charge < -0.3 is 0 Å². The molecule has 48 valence electrons. The smallest absolute Gasteiger partial charge is 0.266 e. The van der Waals surface area contributed by atoms with Gasteiger partial charge in [0, 0.05) is 0 Å². The molecular formula is C3H9N3O2. The first-order valence-corrected chi connectivity index (χ1v) is 1.71. The van der Waals surface area contributed by atoms with Crippen molar-refractivity contribution in [1.82, 2.24) is 5.48 Å². The zero-order valence-electron chi connectivity index (χ0n) is 4.29. The third kappa shape index (κ3) is 8.92. The van der Waals surface area contributed by atoms with Gasteiger partial charge in [-0.25, -0.2) is 5.48 Å². The Kier molecular flexibility index (Phi) is 12.0. The fourth-order valence-electron chi connectivity index (χ4n) is 0.0456. The number of amides is 1. The molecule has 8 heavy (non-hydrogen) atoms. The maximum atomic E-state index is 9.70. The van der Waals surface area contributed by atoms with Crippen molar-refractivity contribution >= 4 is 5.91 Å². The second kappa shape index (κ2) is 9.43. The summed E-state index contributed by atoms with van der Waals surface area (Å²) in [6, 6.07) is 0. The van der Waals surface area contributed by atoms with Gasteiger partial charge in [0.2, 0.25) is 0 Å². The molecule has 0 fully saturated rings. The average Bonchev–Trinajstić information content (AvgIpc) is 1.91. The molecule has 0 aromatic carbocycles. The zero-order chi connectivity index (χ0) is 6.99. The molecule has 0 spiro atoms. The van der Waals surface area contributed by atoms with E-state index in [-0.39, 0.29) is 0 Å². The summed E-state index contributed by atoms with van der Waals surface area (Å²) in [5.41, 5.74) is 1.36. The Hall–Kier alpha value is -0.910. The molecule has 6 N–H and O–H groups in total. The van der Waals surface area contributed by atoms with E-state index in [0.717, 1.165) is 6.08 Å². The van der Waals surface area contributed by atoms with E-state index in [1.807, 2.05) is 0 Å². The lowest BCUT2D eigenvalue weighted by Gasteiger charge is -1.81. The molecular weight excluding hydrogens is 110 g/mol. The molecule has 5 nitrogen and oxygen atoms in total. The highest BCUT2D eigenvalue weighted by Crippen LogP contribution is 1.56. The summed E-state index contributed by atoms with van der Waals surface area (Å²) in [4.78, 5) is 9.70. The van der Waals surface area contributed by atoms with E-state index >= 15 is 0 Å². The summed E-state index contributed by atoms with van der Waals surface area (Å²) in [6.07, 6.45) is 0.972. The number of rotatable bonds is 1. The number of nitrogens with two attached hydrogens (primary N) is 2. The Morgan fingerprint density at radius 3 is 2.12 bits per heavy atom. The predicted octanol–water partition coefficient (Wildman–Crippen LogP) is -1.50. The minimum absolute atomic E-state index is 0.588. The normalized spacial score (nSPS) is 5.88. The second-order valence-electron chi connectivity index (χ2n) is 0.680. The van der Waals surface area contributed by atoms with Crippen LogP contribution in [0.3, 0.4) is 0 Å². The summed E-state index contributed by atoms with van der Waals surface area (Å²) in [7, 11) is 0. The summed E-state index contributed by atoms with van der Waals surface area (Å²) >= 11 is 0. The molecule has 0 heterocycles. The molecule has 0 atom stereocenters. The number of hydrogen-bond donors (Lipinski definition) is 4. The molecule has 0 aromatic heterocycles. The number of hydrazine groups is 1. The van der Waals surface area contributed by atoms with Crippen molar-refractivity contribution in [3.05, 3.63) is 12.7 Å². The molecule has 0 rings (SSSR count). The molecule has 0 aliphatic rings. The van der Waals surface area contributed by atoms with E-state index in [2.05, 4.69) is 18.3 Å². The van der Waals surface area contributed by atoms with Crippen LogP contribution in [0.5, 0.6) is 0 Å². The maximum Gasteiger partial charge on any atom is 0.266 e. The van der Waals surface area contributed by atoms with Crippen molar-refractivity contribution in [2.45, 2.75) is 0 Å². The molecule has 0 aromatic rings. The lowest BCUT2D eigenvalue weighted by molar-refractivity contribution is -0.124. The van der Waals surface area contributed by atoms with Gasteiger partial charge in [-0.05, 0) is 6.08 Å². The van der Waals surface area contributed by atoms with Gasteiger partial charge in [0.1, 0.15) is 0 Å². The van der Waals surface area contributed by atoms with Crippen molar-refractivity contribution in [3.63, 3.8) is 0 Å². The van der Waals surface area contributed by atoms with Crippen LogP contribution in [0, 0.1) is 0 Å². The molecule has 0 saturated heterocycles. The molecule has 0 radical (unpaired) electrons. The molecule has 0 bridgehead atoms. The van der Waals surface area contributed by atoms with Crippen LogP contribution in [0.1, 0.15) is 0 Å². The fraction of sp³-hybridized carbons (Fsp3) is 0. The van der Waals surface area contributed by atoms with Crippen LogP contribution in [0.25, 0.3) is 0 Å². The van der Waals surface area contributed by atoms with Gasteiger partial charge in [-0.3, -0.25) is 21.7 Å². The summed E-state index contributed by atoms with van der Waals surface area (Å²) in [5, 5.41) is 7.66. The number of carbonyl (C=O) groups excluding carboxylic acids is 1. The zero-order valence-corrected chi connectivity index (χ0v) is 4.29. The van der Waals surface area contributed by atoms with E-state index < -0.39 is 5.91 Å². The van der Waals surface area contributed by atoms with E-state index in [4.69, 9.17) is 5.21 Å².